The van der Waals surface area contributed by atoms with Crippen LogP contribution < -0.4 is 10.6 Å². The van der Waals surface area contributed by atoms with Crippen molar-refractivity contribution in [1.82, 2.24) is 20.2 Å². The van der Waals surface area contributed by atoms with E-state index in [4.69, 9.17) is 0 Å². The zero-order chi connectivity index (χ0) is 26.3. The van der Waals surface area contributed by atoms with Crippen molar-refractivity contribution in [3.63, 3.8) is 0 Å². The van der Waals surface area contributed by atoms with Crippen molar-refractivity contribution in [2.24, 2.45) is 0 Å². The number of amides is 2. The van der Waals surface area contributed by atoms with Crippen molar-refractivity contribution in [3.8, 4) is 10.4 Å². The van der Waals surface area contributed by atoms with Gasteiger partial charge in [-0.25, -0.2) is 18.7 Å². The number of halogens is 2. The highest BCUT2D eigenvalue weighted by Gasteiger charge is 2.44. The van der Waals surface area contributed by atoms with Gasteiger partial charge in [-0.05, 0) is 58.4 Å². The van der Waals surface area contributed by atoms with Crippen LogP contribution in [0.2, 0.25) is 0 Å². The monoisotopic (exact) mass is 533 g/mol. The summed E-state index contributed by atoms with van der Waals surface area (Å²) in [6, 6.07) is 1.79. The molecule has 2 aromatic heterocycles. The van der Waals surface area contributed by atoms with Gasteiger partial charge >= 0.3 is 0 Å². The molecule has 4 heterocycles. The van der Waals surface area contributed by atoms with E-state index in [9.17, 15) is 23.5 Å². The number of hydrogen-bond acceptors (Lipinski definition) is 7. The lowest BCUT2D eigenvalue weighted by molar-refractivity contribution is 0.0692. The third kappa shape index (κ3) is 5.47. The smallest absolute Gasteiger partial charge is 0.280 e. The first-order valence-corrected chi connectivity index (χ1v) is 13.8. The van der Waals surface area contributed by atoms with Crippen LogP contribution in [0.25, 0.3) is 10.4 Å². The standard InChI is InChI=1S/C26H33F2N5O3S/c1-26(2,36)13-30-23(34)24-32-20(25(35)33-15-7-8-16(33)10-9-15)21(37-24)18-12-29-19(11-17(18)22(27)28)31-14-5-3-4-6-14/h11-12,14-16,22,36H,3-10,13H2,1-2H3,(H,29,31)(H,30,34)/t15-,16+. The fourth-order valence-electron chi connectivity index (χ4n) is 5.68. The third-order valence-electron chi connectivity index (χ3n) is 7.52. The van der Waals surface area contributed by atoms with E-state index in [1.807, 2.05) is 4.90 Å². The van der Waals surface area contributed by atoms with Crippen LogP contribution in [0.5, 0.6) is 0 Å². The Bertz CT molecular complexity index is 1160. The number of pyridine rings is 1. The number of anilines is 1. The van der Waals surface area contributed by atoms with Gasteiger partial charge in [0.15, 0.2) is 5.01 Å². The Hall–Kier alpha value is -2.66. The molecular weight excluding hydrogens is 500 g/mol. The van der Waals surface area contributed by atoms with Crippen molar-refractivity contribution in [1.29, 1.82) is 0 Å². The summed E-state index contributed by atoms with van der Waals surface area (Å²) in [7, 11) is 0. The Morgan fingerprint density at radius 1 is 1.16 bits per heavy atom. The molecule has 0 radical (unpaired) electrons. The molecular formula is C26H33F2N5O3S. The molecule has 0 spiro atoms. The molecule has 5 rings (SSSR count). The summed E-state index contributed by atoms with van der Waals surface area (Å²) in [4.78, 5) is 37.4. The summed E-state index contributed by atoms with van der Waals surface area (Å²) in [5.74, 6) is -0.516. The maximum atomic E-state index is 14.3. The average Bonchev–Trinajstić information content (AvgIpc) is 3.66. The molecule has 37 heavy (non-hydrogen) atoms. The third-order valence-corrected chi connectivity index (χ3v) is 8.60. The molecule has 1 saturated carbocycles. The SMILES string of the molecule is CC(C)(O)CNC(=O)c1nc(C(=O)N2[C@H]3CC[C@@H]2CC3)c(-c2cnc(NC3CCCC3)cc2C(F)F)s1. The van der Waals surface area contributed by atoms with Gasteiger partial charge in [-0.3, -0.25) is 9.59 Å². The predicted molar refractivity (Wildman–Crippen MR) is 137 cm³/mol. The van der Waals surface area contributed by atoms with Gasteiger partial charge in [-0.15, -0.1) is 11.3 Å². The lowest BCUT2D eigenvalue weighted by atomic mass is 10.0. The molecule has 2 aliphatic heterocycles. The molecule has 1 aliphatic carbocycles. The first-order valence-electron chi connectivity index (χ1n) is 13.0. The lowest BCUT2D eigenvalue weighted by Gasteiger charge is -2.22. The number of rotatable bonds is 8. The molecule has 200 valence electrons. The maximum absolute atomic E-state index is 14.3. The van der Waals surface area contributed by atoms with Crippen molar-refractivity contribution in [2.75, 3.05) is 11.9 Å². The van der Waals surface area contributed by atoms with Crippen LogP contribution in [0, 0.1) is 0 Å². The molecule has 11 heteroatoms. The van der Waals surface area contributed by atoms with Gasteiger partial charge in [0.25, 0.3) is 18.2 Å². The molecule has 0 aromatic carbocycles. The van der Waals surface area contributed by atoms with Crippen LogP contribution in [-0.4, -0.2) is 62.1 Å². The topological polar surface area (TPSA) is 107 Å². The number of nitrogens with one attached hydrogen (secondary N) is 2. The number of hydrogen-bond donors (Lipinski definition) is 3. The second-order valence-corrected chi connectivity index (χ2v) is 11.9. The number of aliphatic hydroxyl groups is 1. The number of carbonyl (C=O) groups is 2. The van der Waals surface area contributed by atoms with Crippen molar-refractivity contribution >= 4 is 29.0 Å². The highest BCUT2D eigenvalue weighted by atomic mass is 32.1. The zero-order valence-electron chi connectivity index (χ0n) is 21.1. The van der Waals surface area contributed by atoms with E-state index in [1.165, 1.54) is 12.3 Å². The van der Waals surface area contributed by atoms with Gasteiger partial charge in [-0.2, -0.15) is 0 Å². The summed E-state index contributed by atoms with van der Waals surface area (Å²) in [6.07, 6.45) is 6.37. The lowest BCUT2D eigenvalue weighted by Crippen LogP contribution is -2.38. The molecule has 8 nitrogen and oxygen atoms in total. The first-order chi connectivity index (χ1) is 17.6. The Labute approximate surface area is 218 Å². The minimum absolute atomic E-state index is 0.0115. The largest absolute Gasteiger partial charge is 0.389 e. The van der Waals surface area contributed by atoms with E-state index in [2.05, 4.69) is 20.6 Å². The molecule has 2 bridgehead atoms. The molecule has 2 amide bonds. The summed E-state index contributed by atoms with van der Waals surface area (Å²) in [5, 5.41) is 15.8. The summed E-state index contributed by atoms with van der Waals surface area (Å²) in [6.45, 7) is 3.09. The van der Waals surface area contributed by atoms with E-state index in [0.29, 0.717) is 5.82 Å². The van der Waals surface area contributed by atoms with E-state index >= 15 is 0 Å². The van der Waals surface area contributed by atoms with Crippen LogP contribution in [0.1, 0.15) is 97.5 Å². The first kappa shape index (κ1) is 26.0. The molecule has 3 aliphatic rings. The maximum Gasteiger partial charge on any atom is 0.280 e. The molecule has 0 atom stereocenters. The van der Waals surface area contributed by atoms with Crippen LogP contribution in [0.3, 0.4) is 0 Å². The minimum atomic E-state index is -2.80. The second kappa shape index (κ2) is 10.2. The van der Waals surface area contributed by atoms with E-state index in [0.717, 1.165) is 62.7 Å². The molecule has 3 N–H and O–H groups in total. The highest BCUT2D eigenvalue weighted by molar-refractivity contribution is 7.17. The van der Waals surface area contributed by atoms with Gasteiger partial charge in [-0.1, -0.05) is 12.8 Å². The number of aromatic nitrogens is 2. The Balaban J connectivity index is 1.52. The fourth-order valence-corrected chi connectivity index (χ4v) is 6.69. The van der Waals surface area contributed by atoms with E-state index in [1.54, 1.807) is 13.8 Å². The highest BCUT2D eigenvalue weighted by Crippen LogP contribution is 2.42. The Morgan fingerprint density at radius 3 is 2.41 bits per heavy atom. The molecule has 3 fully saturated rings. The number of thiazole rings is 1. The minimum Gasteiger partial charge on any atom is -0.389 e. The number of nitrogens with zero attached hydrogens (tertiary/aromatic N) is 3. The number of alkyl halides is 2. The number of fused-ring (bicyclic) bond motifs is 2. The quantitative estimate of drug-likeness (QED) is 0.452. The molecule has 2 aromatic rings. The van der Waals surface area contributed by atoms with Crippen LogP contribution in [0.4, 0.5) is 14.6 Å². The van der Waals surface area contributed by atoms with Crippen molar-refractivity contribution < 1.29 is 23.5 Å². The van der Waals surface area contributed by atoms with Gasteiger partial charge < -0.3 is 20.6 Å². The fraction of sp³-hybridized carbons (Fsp3) is 0.615. The number of carbonyl (C=O) groups excluding carboxylic acids is 2. The van der Waals surface area contributed by atoms with Crippen LogP contribution in [0.15, 0.2) is 12.3 Å². The van der Waals surface area contributed by atoms with Crippen LogP contribution in [-0.2, 0) is 0 Å². The Morgan fingerprint density at radius 2 is 1.81 bits per heavy atom. The Kier molecular flexibility index (Phi) is 7.19. The molecule has 2 saturated heterocycles. The van der Waals surface area contributed by atoms with Crippen LogP contribution >= 0.6 is 11.3 Å². The normalized spacial score (nSPS) is 21.7. The van der Waals surface area contributed by atoms with E-state index in [-0.39, 0.29) is 57.3 Å². The second-order valence-electron chi connectivity index (χ2n) is 10.9. The molecule has 0 unspecified atom stereocenters. The summed E-state index contributed by atoms with van der Waals surface area (Å²) < 4.78 is 28.6. The predicted octanol–water partition coefficient (Wildman–Crippen LogP) is 4.76. The average molecular weight is 534 g/mol. The van der Waals surface area contributed by atoms with Gasteiger partial charge in [0.1, 0.15) is 11.5 Å². The summed E-state index contributed by atoms with van der Waals surface area (Å²) >= 11 is 0.906. The van der Waals surface area contributed by atoms with Gasteiger partial charge in [0.2, 0.25) is 0 Å². The van der Waals surface area contributed by atoms with Crippen molar-refractivity contribution in [2.45, 2.75) is 95.4 Å². The van der Waals surface area contributed by atoms with E-state index < -0.39 is 17.9 Å². The van der Waals surface area contributed by atoms with Crippen molar-refractivity contribution in [3.05, 3.63) is 28.5 Å². The zero-order valence-corrected chi connectivity index (χ0v) is 21.9. The van der Waals surface area contributed by atoms with Gasteiger partial charge in [0.05, 0.1) is 10.5 Å². The van der Waals surface area contributed by atoms with Gasteiger partial charge in [0, 0.05) is 42.0 Å². The summed E-state index contributed by atoms with van der Waals surface area (Å²) in [5.41, 5.74) is -1.27.